The molecule has 1 rings (SSSR count). The summed E-state index contributed by atoms with van der Waals surface area (Å²) in [7, 11) is 1.77. The van der Waals surface area contributed by atoms with Crippen LogP contribution in [0.3, 0.4) is 0 Å². The van der Waals surface area contributed by atoms with Crippen LogP contribution in [0.2, 0.25) is 0 Å². The molecule has 0 radical (unpaired) electrons. The van der Waals surface area contributed by atoms with Gasteiger partial charge >= 0.3 is 0 Å². The zero-order chi connectivity index (χ0) is 5.98. The van der Waals surface area contributed by atoms with Gasteiger partial charge in [0, 0.05) is 13.2 Å². The van der Waals surface area contributed by atoms with E-state index >= 15 is 0 Å². The topological polar surface area (TPSA) is 21.3 Å². The van der Waals surface area contributed by atoms with Crippen molar-refractivity contribution in [1.82, 2.24) is 5.32 Å². The standard InChI is InChI=1S/C6H13NO/c1-5-6(8-2)3-4-7-5/h5-7H,3-4H2,1-2H3/t5-,6-/m1/s1. The Labute approximate surface area is 50.2 Å². The van der Waals surface area contributed by atoms with Crippen LogP contribution in [-0.2, 0) is 4.74 Å². The van der Waals surface area contributed by atoms with Crippen molar-refractivity contribution in [3.05, 3.63) is 0 Å². The largest absolute Gasteiger partial charge is 0.380 e. The Kier molecular flexibility index (Phi) is 1.86. The van der Waals surface area contributed by atoms with Gasteiger partial charge in [-0.2, -0.15) is 0 Å². The number of rotatable bonds is 1. The van der Waals surface area contributed by atoms with Crippen LogP contribution in [0.4, 0.5) is 0 Å². The smallest absolute Gasteiger partial charge is 0.0733 e. The minimum Gasteiger partial charge on any atom is -0.380 e. The van der Waals surface area contributed by atoms with Crippen molar-refractivity contribution in [2.45, 2.75) is 25.5 Å². The average molecular weight is 115 g/mol. The van der Waals surface area contributed by atoms with Crippen molar-refractivity contribution >= 4 is 0 Å². The van der Waals surface area contributed by atoms with Gasteiger partial charge < -0.3 is 10.1 Å². The third-order valence-electron chi connectivity index (χ3n) is 1.76. The SMILES string of the molecule is CO[C@@H]1CCN[C@@H]1C. The molecule has 0 spiro atoms. The summed E-state index contributed by atoms with van der Waals surface area (Å²) in [6.07, 6.45) is 1.62. The van der Waals surface area contributed by atoms with Gasteiger partial charge in [0.2, 0.25) is 0 Å². The third-order valence-corrected chi connectivity index (χ3v) is 1.76. The zero-order valence-corrected chi connectivity index (χ0v) is 5.48. The molecule has 0 aliphatic carbocycles. The van der Waals surface area contributed by atoms with Crippen LogP contribution in [0.1, 0.15) is 13.3 Å². The van der Waals surface area contributed by atoms with Crippen molar-refractivity contribution in [3.63, 3.8) is 0 Å². The monoisotopic (exact) mass is 115 g/mol. The Bertz CT molecular complexity index is 74.9. The van der Waals surface area contributed by atoms with Gasteiger partial charge in [0.15, 0.2) is 0 Å². The summed E-state index contributed by atoms with van der Waals surface area (Å²) in [6, 6.07) is 0.556. The molecule has 1 fully saturated rings. The molecular weight excluding hydrogens is 102 g/mol. The first kappa shape index (κ1) is 6.05. The normalized spacial score (nSPS) is 38.2. The molecule has 1 N–H and O–H groups in total. The summed E-state index contributed by atoms with van der Waals surface area (Å²) in [6.45, 7) is 3.26. The van der Waals surface area contributed by atoms with E-state index in [0.29, 0.717) is 12.1 Å². The fourth-order valence-corrected chi connectivity index (χ4v) is 1.16. The Morgan fingerprint density at radius 1 is 1.62 bits per heavy atom. The molecule has 2 nitrogen and oxygen atoms in total. The van der Waals surface area contributed by atoms with E-state index in [2.05, 4.69) is 12.2 Å². The predicted octanol–water partition coefficient (Wildman–Crippen LogP) is 0.383. The second-order valence-electron chi connectivity index (χ2n) is 2.31. The zero-order valence-electron chi connectivity index (χ0n) is 5.48. The molecule has 1 aliphatic rings. The highest BCUT2D eigenvalue weighted by Crippen LogP contribution is 2.08. The Morgan fingerprint density at radius 3 is 2.62 bits per heavy atom. The maximum Gasteiger partial charge on any atom is 0.0733 e. The van der Waals surface area contributed by atoms with Crippen molar-refractivity contribution in [3.8, 4) is 0 Å². The molecule has 2 atom stereocenters. The molecule has 0 unspecified atom stereocenters. The van der Waals surface area contributed by atoms with Crippen LogP contribution in [0.25, 0.3) is 0 Å². The lowest BCUT2D eigenvalue weighted by Crippen LogP contribution is -2.27. The quantitative estimate of drug-likeness (QED) is 0.533. The first-order chi connectivity index (χ1) is 3.84. The summed E-state index contributed by atoms with van der Waals surface area (Å²) in [4.78, 5) is 0. The summed E-state index contributed by atoms with van der Waals surface area (Å²) < 4.78 is 5.16. The maximum atomic E-state index is 5.16. The van der Waals surface area contributed by atoms with Crippen LogP contribution >= 0.6 is 0 Å². The first-order valence-corrected chi connectivity index (χ1v) is 3.11. The van der Waals surface area contributed by atoms with Crippen LogP contribution in [-0.4, -0.2) is 25.8 Å². The van der Waals surface area contributed by atoms with Crippen molar-refractivity contribution in [1.29, 1.82) is 0 Å². The van der Waals surface area contributed by atoms with Gasteiger partial charge in [-0.1, -0.05) is 0 Å². The van der Waals surface area contributed by atoms with Crippen molar-refractivity contribution in [2.75, 3.05) is 13.7 Å². The van der Waals surface area contributed by atoms with Gasteiger partial charge in [-0.25, -0.2) is 0 Å². The van der Waals surface area contributed by atoms with E-state index in [-0.39, 0.29) is 0 Å². The number of hydrogen-bond acceptors (Lipinski definition) is 2. The van der Waals surface area contributed by atoms with E-state index < -0.39 is 0 Å². The Morgan fingerprint density at radius 2 is 2.38 bits per heavy atom. The van der Waals surface area contributed by atoms with E-state index in [1.54, 1.807) is 7.11 Å². The lowest BCUT2D eigenvalue weighted by molar-refractivity contribution is 0.0968. The first-order valence-electron chi connectivity index (χ1n) is 3.11. The highest BCUT2D eigenvalue weighted by Gasteiger charge is 2.21. The molecule has 2 heteroatoms. The van der Waals surface area contributed by atoms with Gasteiger partial charge in [0.05, 0.1) is 6.10 Å². The third kappa shape index (κ3) is 1.01. The fourth-order valence-electron chi connectivity index (χ4n) is 1.16. The number of nitrogens with one attached hydrogen (secondary N) is 1. The molecule has 0 bridgehead atoms. The number of hydrogen-bond donors (Lipinski definition) is 1. The highest BCUT2D eigenvalue weighted by molar-refractivity contribution is 4.79. The number of ether oxygens (including phenoxy) is 1. The Balaban J connectivity index is 2.30. The van der Waals surface area contributed by atoms with Gasteiger partial charge in [-0.05, 0) is 19.9 Å². The van der Waals surface area contributed by atoms with E-state index in [4.69, 9.17) is 4.74 Å². The molecule has 1 heterocycles. The van der Waals surface area contributed by atoms with Crippen LogP contribution in [0.5, 0.6) is 0 Å². The van der Waals surface area contributed by atoms with Gasteiger partial charge in [-0.3, -0.25) is 0 Å². The summed E-state index contributed by atoms with van der Waals surface area (Å²) in [5.74, 6) is 0. The molecule has 1 saturated heterocycles. The van der Waals surface area contributed by atoms with Crippen molar-refractivity contribution in [2.24, 2.45) is 0 Å². The maximum absolute atomic E-state index is 5.16. The van der Waals surface area contributed by atoms with E-state index in [0.717, 1.165) is 13.0 Å². The minimum atomic E-state index is 0.454. The lowest BCUT2D eigenvalue weighted by Gasteiger charge is -2.11. The summed E-state index contributed by atoms with van der Waals surface area (Å²) in [5, 5.41) is 3.30. The molecule has 0 aromatic rings. The van der Waals surface area contributed by atoms with Crippen LogP contribution < -0.4 is 5.32 Å². The number of methoxy groups -OCH3 is 1. The fraction of sp³-hybridized carbons (Fsp3) is 1.00. The summed E-state index contributed by atoms with van der Waals surface area (Å²) >= 11 is 0. The average Bonchev–Trinajstić information content (AvgIpc) is 2.14. The van der Waals surface area contributed by atoms with E-state index in [9.17, 15) is 0 Å². The van der Waals surface area contributed by atoms with Crippen molar-refractivity contribution < 1.29 is 4.74 Å². The van der Waals surface area contributed by atoms with E-state index in [1.165, 1.54) is 0 Å². The highest BCUT2D eigenvalue weighted by atomic mass is 16.5. The van der Waals surface area contributed by atoms with Gasteiger partial charge in [0.1, 0.15) is 0 Å². The molecule has 0 aromatic heterocycles. The second kappa shape index (κ2) is 2.46. The second-order valence-corrected chi connectivity index (χ2v) is 2.31. The minimum absolute atomic E-state index is 0.454. The molecule has 8 heavy (non-hydrogen) atoms. The molecule has 1 aliphatic heterocycles. The molecule has 0 aromatic carbocycles. The molecule has 0 amide bonds. The molecule has 0 saturated carbocycles. The van der Waals surface area contributed by atoms with Crippen LogP contribution in [0.15, 0.2) is 0 Å². The van der Waals surface area contributed by atoms with Crippen LogP contribution in [0, 0.1) is 0 Å². The Hall–Kier alpha value is -0.0800. The van der Waals surface area contributed by atoms with Gasteiger partial charge in [0.25, 0.3) is 0 Å². The molecule has 48 valence electrons. The molecular formula is C6H13NO. The van der Waals surface area contributed by atoms with Gasteiger partial charge in [-0.15, -0.1) is 0 Å². The lowest BCUT2D eigenvalue weighted by atomic mass is 10.2. The summed E-state index contributed by atoms with van der Waals surface area (Å²) in [5.41, 5.74) is 0. The predicted molar refractivity (Wildman–Crippen MR) is 32.9 cm³/mol. The van der Waals surface area contributed by atoms with E-state index in [1.807, 2.05) is 0 Å².